The van der Waals surface area contributed by atoms with Crippen molar-refractivity contribution in [3.05, 3.63) is 53.0 Å². The first-order valence-corrected chi connectivity index (χ1v) is 6.87. The van der Waals surface area contributed by atoms with E-state index in [-0.39, 0.29) is 6.04 Å². The molecule has 0 fully saturated rings. The highest BCUT2D eigenvalue weighted by Crippen LogP contribution is 2.21. The number of nitrogens with zero attached hydrogens (tertiary/aromatic N) is 1. The summed E-state index contributed by atoms with van der Waals surface area (Å²) in [6.07, 6.45) is 1.97. The maximum atomic E-state index is 5.22. The number of hydrogen-bond donors (Lipinski definition) is 2. The molecule has 4 nitrogen and oxygen atoms in total. The van der Waals surface area contributed by atoms with Crippen molar-refractivity contribution < 1.29 is 4.52 Å². The largest absolute Gasteiger partial charge is 0.361 e. The SMILES string of the molecule is Cc1noc(C)c1C(C)NCc1ccc2cc[nH]c2c1. The highest BCUT2D eigenvalue weighted by molar-refractivity contribution is 5.79. The van der Waals surface area contributed by atoms with Gasteiger partial charge in [-0.2, -0.15) is 0 Å². The summed E-state index contributed by atoms with van der Waals surface area (Å²) in [4.78, 5) is 3.24. The van der Waals surface area contributed by atoms with Crippen LogP contribution in [0.4, 0.5) is 0 Å². The molecule has 2 N–H and O–H groups in total. The Morgan fingerprint density at radius 2 is 2.15 bits per heavy atom. The highest BCUT2D eigenvalue weighted by Gasteiger charge is 2.15. The van der Waals surface area contributed by atoms with Gasteiger partial charge in [0.15, 0.2) is 0 Å². The van der Waals surface area contributed by atoms with Crippen molar-refractivity contribution in [2.75, 3.05) is 0 Å². The molecule has 0 aliphatic rings. The Labute approximate surface area is 118 Å². The molecule has 3 rings (SSSR count). The third-order valence-corrected chi connectivity index (χ3v) is 3.75. The van der Waals surface area contributed by atoms with Crippen LogP contribution in [0.1, 0.15) is 35.5 Å². The molecule has 1 atom stereocenters. The van der Waals surface area contributed by atoms with Crippen LogP contribution in [0.15, 0.2) is 35.0 Å². The summed E-state index contributed by atoms with van der Waals surface area (Å²) >= 11 is 0. The van der Waals surface area contributed by atoms with Gasteiger partial charge in [-0.3, -0.25) is 0 Å². The Hall–Kier alpha value is -2.07. The zero-order chi connectivity index (χ0) is 14.1. The number of aromatic nitrogens is 2. The zero-order valence-corrected chi connectivity index (χ0v) is 12.0. The van der Waals surface area contributed by atoms with Gasteiger partial charge in [-0.15, -0.1) is 0 Å². The summed E-state index contributed by atoms with van der Waals surface area (Å²) in [6.45, 7) is 6.90. The molecule has 1 unspecified atom stereocenters. The molecule has 20 heavy (non-hydrogen) atoms. The van der Waals surface area contributed by atoms with Crippen molar-refractivity contribution in [2.45, 2.75) is 33.4 Å². The maximum absolute atomic E-state index is 5.22. The zero-order valence-electron chi connectivity index (χ0n) is 12.0. The van der Waals surface area contributed by atoms with Crippen molar-refractivity contribution in [1.82, 2.24) is 15.5 Å². The van der Waals surface area contributed by atoms with Crippen LogP contribution in [0.5, 0.6) is 0 Å². The summed E-state index contributed by atoms with van der Waals surface area (Å²) in [5.74, 6) is 0.891. The average Bonchev–Trinajstić information content (AvgIpc) is 3.02. The number of nitrogens with one attached hydrogen (secondary N) is 2. The first-order chi connectivity index (χ1) is 9.65. The van der Waals surface area contributed by atoms with Crippen LogP contribution in [-0.2, 0) is 6.54 Å². The van der Waals surface area contributed by atoms with Crippen LogP contribution in [0, 0.1) is 13.8 Å². The molecule has 3 aromatic rings. The molecule has 2 heterocycles. The van der Waals surface area contributed by atoms with E-state index in [0.29, 0.717) is 0 Å². The Bertz CT molecular complexity index is 707. The number of aryl methyl sites for hydroxylation is 2. The minimum atomic E-state index is 0.223. The lowest BCUT2D eigenvalue weighted by Gasteiger charge is -2.13. The van der Waals surface area contributed by atoms with E-state index in [9.17, 15) is 0 Å². The fourth-order valence-corrected chi connectivity index (χ4v) is 2.69. The minimum Gasteiger partial charge on any atom is -0.361 e. The first-order valence-electron chi connectivity index (χ1n) is 6.87. The smallest absolute Gasteiger partial charge is 0.138 e. The van der Waals surface area contributed by atoms with Gasteiger partial charge in [0.25, 0.3) is 0 Å². The van der Waals surface area contributed by atoms with Crippen LogP contribution >= 0.6 is 0 Å². The van der Waals surface area contributed by atoms with Gasteiger partial charge in [-0.1, -0.05) is 17.3 Å². The fourth-order valence-electron chi connectivity index (χ4n) is 2.69. The van der Waals surface area contributed by atoms with Crippen LogP contribution in [0.3, 0.4) is 0 Å². The maximum Gasteiger partial charge on any atom is 0.138 e. The molecule has 104 valence electrons. The van der Waals surface area contributed by atoms with Gasteiger partial charge in [0, 0.05) is 29.9 Å². The van der Waals surface area contributed by atoms with E-state index in [1.165, 1.54) is 16.5 Å². The molecular formula is C16H19N3O. The van der Waals surface area contributed by atoms with E-state index in [4.69, 9.17) is 4.52 Å². The lowest BCUT2D eigenvalue weighted by Crippen LogP contribution is -2.19. The van der Waals surface area contributed by atoms with Gasteiger partial charge < -0.3 is 14.8 Å². The van der Waals surface area contributed by atoms with Gasteiger partial charge in [0.05, 0.1) is 5.69 Å². The Kier molecular flexibility index (Phi) is 3.32. The summed E-state index contributed by atoms with van der Waals surface area (Å²) in [5, 5.41) is 8.78. The standard InChI is InChI=1S/C16H19N3O/c1-10(16-11(2)19-20-12(16)3)18-9-13-4-5-14-6-7-17-15(14)8-13/h4-8,10,17-18H,9H2,1-3H3. The molecule has 0 spiro atoms. The molecule has 0 saturated carbocycles. The van der Waals surface area contributed by atoms with E-state index < -0.39 is 0 Å². The monoisotopic (exact) mass is 269 g/mol. The topological polar surface area (TPSA) is 53.9 Å². The van der Waals surface area contributed by atoms with E-state index in [0.717, 1.165) is 23.6 Å². The fraction of sp³-hybridized carbons (Fsp3) is 0.312. The molecule has 0 bridgehead atoms. The number of aromatic amines is 1. The van der Waals surface area contributed by atoms with Gasteiger partial charge in [0.1, 0.15) is 5.76 Å². The summed E-state index contributed by atoms with van der Waals surface area (Å²) in [5.41, 5.74) is 4.56. The minimum absolute atomic E-state index is 0.223. The van der Waals surface area contributed by atoms with Crippen LogP contribution in [0.2, 0.25) is 0 Å². The van der Waals surface area contributed by atoms with Crippen molar-refractivity contribution in [1.29, 1.82) is 0 Å². The average molecular weight is 269 g/mol. The van der Waals surface area contributed by atoms with E-state index in [1.807, 2.05) is 20.0 Å². The Morgan fingerprint density at radius 3 is 2.90 bits per heavy atom. The molecule has 0 aliphatic heterocycles. The van der Waals surface area contributed by atoms with Crippen molar-refractivity contribution in [3.8, 4) is 0 Å². The number of benzene rings is 1. The van der Waals surface area contributed by atoms with Crippen LogP contribution in [0.25, 0.3) is 10.9 Å². The molecule has 0 radical (unpaired) electrons. The summed E-state index contributed by atoms with van der Waals surface area (Å²) in [6, 6.07) is 8.79. The van der Waals surface area contributed by atoms with Crippen molar-refractivity contribution in [2.24, 2.45) is 0 Å². The predicted octanol–water partition coefficient (Wildman–Crippen LogP) is 3.62. The summed E-state index contributed by atoms with van der Waals surface area (Å²) < 4.78 is 5.22. The van der Waals surface area contributed by atoms with Gasteiger partial charge in [-0.25, -0.2) is 0 Å². The van der Waals surface area contributed by atoms with Crippen LogP contribution in [-0.4, -0.2) is 10.1 Å². The number of H-pyrrole nitrogens is 1. The lowest BCUT2D eigenvalue weighted by molar-refractivity contribution is 0.390. The second kappa shape index (κ2) is 5.13. The predicted molar refractivity (Wildman–Crippen MR) is 79.5 cm³/mol. The number of fused-ring (bicyclic) bond motifs is 1. The van der Waals surface area contributed by atoms with E-state index in [1.54, 1.807) is 0 Å². The first kappa shape index (κ1) is 12.9. The summed E-state index contributed by atoms with van der Waals surface area (Å²) in [7, 11) is 0. The van der Waals surface area contributed by atoms with Gasteiger partial charge >= 0.3 is 0 Å². The molecule has 4 heteroatoms. The van der Waals surface area contributed by atoms with Gasteiger partial charge in [-0.05, 0) is 43.9 Å². The Balaban J connectivity index is 1.72. The molecule has 0 amide bonds. The van der Waals surface area contributed by atoms with Crippen LogP contribution < -0.4 is 5.32 Å². The number of hydrogen-bond acceptors (Lipinski definition) is 3. The normalized spacial score (nSPS) is 12.9. The highest BCUT2D eigenvalue weighted by atomic mass is 16.5. The third-order valence-electron chi connectivity index (χ3n) is 3.75. The third kappa shape index (κ3) is 2.34. The van der Waals surface area contributed by atoms with E-state index >= 15 is 0 Å². The molecular weight excluding hydrogens is 250 g/mol. The molecule has 1 aromatic carbocycles. The lowest BCUT2D eigenvalue weighted by atomic mass is 10.1. The molecule has 0 aliphatic carbocycles. The molecule has 2 aromatic heterocycles. The molecule has 0 saturated heterocycles. The van der Waals surface area contributed by atoms with Crippen molar-refractivity contribution >= 4 is 10.9 Å². The quantitative estimate of drug-likeness (QED) is 0.760. The van der Waals surface area contributed by atoms with Gasteiger partial charge in [0.2, 0.25) is 0 Å². The second-order valence-electron chi connectivity index (χ2n) is 5.24. The van der Waals surface area contributed by atoms with E-state index in [2.05, 4.69) is 46.6 Å². The van der Waals surface area contributed by atoms with Crippen molar-refractivity contribution in [3.63, 3.8) is 0 Å². The second-order valence-corrected chi connectivity index (χ2v) is 5.24. The Morgan fingerprint density at radius 1 is 1.30 bits per heavy atom. The number of rotatable bonds is 4.